The average Bonchev–Trinajstić information content (AvgIpc) is 3.23. The van der Waals surface area contributed by atoms with Crippen LogP contribution in [0.2, 0.25) is 0 Å². The number of aromatic nitrogens is 3. The number of anilines is 1. The molecular weight excluding hydrogens is 416 g/mol. The number of carbonyl (C=O) groups excluding carboxylic acids is 3. The number of amidine groups is 1. The van der Waals surface area contributed by atoms with Crippen LogP contribution in [0.25, 0.3) is 0 Å². The number of rotatable bonds is 10. The Morgan fingerprint density at radius 3 is 2.48 bits per heavy atom. The van der Waals surface area contributed by atoms with Gasteiger partial charge in [0.05, 0.1) is 20.7 Å². The second-order valence-electron chi connectivity index (χ2n) is 6.15. The maximum Gasteiger partial charge on any atom is 0.332 e. The number of esters is 1. The van der Waals surface area contributed by atoms with Crippen molar-refractivity contribution in [1.29, 1.82) is 5.41 Å². The molecule has 0 bridgehead atoms. The largest absolute Gasteiger partial charge is 0.464 e. The van der Waals surface area contributed by atoms with Gasteiger partial charge in [-0.15, -0.1) is 5.10 Å². The number of nitrogens with two attached hydrogens (primary N) is 1. The summed E-state index contributed by atoms with van der Waals surface area (Å²) in [5, 5.41) is 18.9. The van der Waals surface area contributed by atoms with Crippen molar-refractivity contribution in [2.24, 2.45) is 5.73 Å². The van der Waals surface area contributed by atoms with Gasteiger partial charge in [-0.3, -0.25) is 15.0 Å². The number of benzene rings is 1. The summed E-state index contributed by atoms with van der Waals surface area (Å²) in [6.07, 6.45) is 1.95. The van der Waals surface area contributed by atoms with Crippen molar-refractivity contribution < 1.29 is 29.3 Å². The quantitative estimate of drug-likeness (QED) is 0.238. The van der Waals surface area contributed by atoms with Gasteiger partial charge < -0.3 is 21.1 Å². The van der Waals surface area contributed by atoms with Gasteiger partial charge in [-0.25, -0.2) is 18.3 Å². The predicted octanol–water partition coefficient (Wildman–Crippen LogP) is 0.480. The highest BCUT2D eigenvalue weighted by Crippen LogP contribution is 2.21. The van der Waals surface area contributed by atoms with Gasteiger partial charge in [-0.2, -0.15) is 0 Å². The summed E-state index contributed by atoms with van der Waals surface area (Å²) >= 11 is 0. The molecule has 2 rings (SSSR count). The number of amides is 2. The summed E-state index contributed by atoms with van der Waals surface area (Å²) in [4.78, 5) is 36.2. The normalized spacial score (nSPS) is 12.9. The first-order valence-corrected chi connectivity index (χ1v) is 8.97. The van der Waals surface area contributed by atoms with E-state index in [0.29, 0.717) is 0 Å². The van der Waals surface area contributed by atoms with Gasteiger partial charge in [-0.05, 0) is 19.1 Å². The summed E-state index contributed by atoms with van der Waals surface area (Å²) in [5.41, 5.74) is 4.27. The van der Waals surface area contributed by atoms with E-state index in [0.717, 1.165) is 16.8 Å². The highest BCUT2D eigenvalue weighted by molar-refractivity contribution is 5.97. The van der Waals surface area contributed by atoms with Crippen LogP contribution < -0.4 is 16.4 Å². The standard InChI is InChI=1S/C18H21F2N7O4/c1-2-31-18(30)13(27-6-5-24-26-27)9-23-14(28)3-4-15(29)25-16-11(19)7-10(17(21)22)8-12(16)20/h5-8,13H,2-4,9H2,1H3,(H3,21,22)(H,23,28)(H,25,29)/i2D. The van der Waals surface area contributed by atoms with Gasteiger partial charge in [0.2, 0.25) is 11.8 Å². The third-order valence-corrected chi connectivity index (χ3v) is 3.96. The first-order valence-electron chi connectivity index (χ1n) is 9.54. The van der Waals surface area contributed by atoms with Gasteiger partial charge in [0, 0.05) is 24.6 Å². The number of hydrogen-bond donors (Lipinski definition) is 4. The molecule has 1 heterocycles. The molecule has 2 aromatic rings. The van der Waals surface area contributed by atoms with Crippen LogP contribution in [0.4, 0.5) is 14.5 Å². The molecule has 0 aliphatic heterocycles. The predicted molar refractivity (Wildman–Crippen MR) is 104 cm³/mol. The highest BCUT2D eigenvalue weighted by atomic mass is 19.1. The first-order chi connectivity index (χ1) is 15.1. The molecule has 5 N–H and O–H groups in total. The Morgan fingerprint density at radius 1 is 1.29 bits per heavy atom. The number of halogens is 2. The summed E-state index contributed by atoms with van der Waals surface area (Å²) in [7, 11) is 0. The lowest BCUT2D eigenvalue weighted by atomic mass is 10.1. The first kappa shape index (κ1) is 21.8. The molecular formula is C18H21F2N7O4. The van der Waals surface area contributed by atoms with Crippen LogP contribution in [-0.4, -0.2) is 51.7 Å². The molecule has 1 aromatic heterocycles. The Morgan fingerprint density at radius 2 is 1.94 bits per heavy atom. The van der Waals surface area contributed by atoms with Crippen LogP contribution in [0, 0.1) is 17.0 Å². The van der Waals surface area contributed by atoms with E-state index in [4.69, 9.17) is 17.3 Å². The summed E-state index contributed by atoms with van der Waals surface area (Å²) in [5.74, 6) is -5.04. The highest BCUT2D eigenvalue weighted by Gasteiger charge is 2.23. The zero-order valence-electron chi connectivity index (χ0n) is 17.4. The number of carbonyl (C=O) groups is 3. The molecule has 2 unspecified atom stereocenters. The summed E-state index contributed by atoms with van der Waals surface area (Å²) in [6.45, 7) is -0.0315. The molecule has 0 fully saturated rings. The number of hydrogen-bond acceptors (Lipinski definition) is 7. The van der Waals surface area contributed by atoms with Crippen molar-refractivity contribution in [3.05, 3.63) is 41.7 Å². The summed E-state index contributed by atoms with van der Waals surface area (Å²) in [6, 6.07) is 0.523. The molecule has 2 atom stereocenters. The third kappa shape index (κ3) is 6.55. The van der Waals surface area contributed by atoms with Gasteiger partial charge >= 0.3 is 5.97 Å². The van der Waals surface area contributed by atoms with Crippen LogP contribution in [0.3, 0.4) is 0 Å². The second-order valence-corrected chi connectivity index (χ2v) is 6.15. The fourth-order valence-corrected chi connectivity index (χ4v) is 2.44. The average molecular weight is 438 g/mol. The van der Waals surface area contributed by atoms with E-state index < -0.39 is 60.0 Å². The van der Waals surface area contributed by atoms with E-state index in [9.17, 15) is 23.2 Å². The van der Waals surface area contributed by atoms with E-state index in [2.05, 4.69) is 15.6 Å². The molecule has 166 valence electrons. The lowest BCUT2D eigenvalue weighted by Gasteiger charge is -2.16. The Kier molecular flexibility index (Phi) is 7.56. The summed E-state index contributed by atoms with van der Waals surface area (Å²) < 4.78 is 41.2. The number of nitrogens with one attached hydrogen (secondary N) is 3. The van der Waals surface area contributed by atoms with E-state index in [-0.39, 0.29) is 18.5 Å². The lowest BCUT2D eigenvalue weighted by Crippen LogP contribution is -2.36. The molecule has 0 saturated carbocycles. The molecule has 0 aliphatic rings. The number of ether oxygens (including phenoxy) is 1. The lowest BCUT2D eigenvalue weighted by molar-refractivity contribution is -0.147. The van der Waals surface area contributed by atoms with E-state index >= 15 is 0 Å². The van der Waals surface area contributed by atoms with Crippen LogP contribution in [0.5, 0.6) is 0 Å². The van der Waals surface area contributed by atoms with Gasteiger partial charge in [0.15, 0.2) is 6.04 Å². The van der Waals surface area contributed by atoms with Crippen molar-refractivity contribution in [3.63, 3.8) is 0 Å². The third-order valence-electron chi connectivity index (χ3n) is 3.96. The Balaban J connectivity index is 1.90. The van der Waals surface area contributed by atoms with Gasteiger partial charge in [0.1, 0.15) is 23.2 Å². The van der Waals surface area contributed by atoms with Gasteiger partial charge in [-0.1, -0.05) is 5.21 Å². The van der Waals surface area contributed by atoms with Crippen molar-refractivity contribution in [2.45, 2.75) is 25.8 Å². The van der Waals surface area contributed by atoms with Crippen LogP contribution >= 0.6 is 0 Å². The minimum Gasteiger partial charge on any atom is -0.464 e. The number of nitrogen functional groups attached to an aromatic ring is 1. The van der Waals surface area contributed by atoms with Crippen LogP contribution in [0.15, 0.2) is 24.5 Å². The zero-order chi connectivity index (χ0) is 23.8. The van der Waals surface area contributed by atoms with Crippen molar-refractivity contribution in [3.8, 4) is 0 Å². The fourth-order valence-electron chi connectivity index (χ4n) is 2.44. The number of nitrogens with zero attached hydrogens (tertiary/aromatic N) is 3. The fraction of sp³-hybridized carbons (Fsp3) is 0.333. The molecule has 13 heteroatoms. The Labute approximate surface area is 176 Å². The smallest absolute Gasteiger partial charge is 0.332 e. The van der Waals surface area contributed by atoms with Crippen molar-refractivity contribution in [1.82, 2.24) is 20.3 Å². The minimum absolute atomic E-state index is 0.183. The molecule has 2 amide bonds. The van der Waals surface area contributed by atoms with Crippen molar-refractivity contribution >= 4 is 29.3 Å². The minimum atomic E-state index is -1.13. The Hall–Kier alpha value is -3.90. The Bertz CT molecular complexity index is 978. The van der Waals surface area contributed by atoms with Gasteiger partial charge in [0.25, 0.3) is 0 Å². The van der Waals surface area contributed by atoms with E-state index in [1.807, 2.05) is 5.32 Å². The SMILES string of the molecule is [2H]C(C)OC(=O)C(CNC(=O)CCC(=O)Nc1c(F)cc(C(=N)N)cc1F)n1ccnn1. The molecule has 0 radical (unpaired) electrons. The van der Waals surface area contributed by atoms with E-state index in [1.165, 1.54) is 19.3 Å². The maximum absolute atomic E-state index is 14.0. The zero-order valence-corrected chi connectivity index (χ0v) is 16.4. The molecule has 0 spiro atoms. The molecule has 31 heavy (non-hydrogen) atoms. The molecule has 1 aromatic carbocycles. The maximum atomic E-state index is 14.0. The van der Waals surface area contributed by atoms with E-state index in [1.54, 1.807) is 0 Å². The topological polar surface area (TPSA) is 165 Å². The molecule has 0 saturated heterocycles. The van der Waals surface area contributed by atoms with Crippen molar-refractivity contribution in [2.75, 3.05) is 18.4 Å². The van der Waals surface area contributed by atoms with Crippen LogP contribution in [-0.2, 0) is 19.1 Å². The monoisotopic (exact) mass is 438 g/mol. The molecule has 11 nitrogen and oxygen atoms in total. The molecule has 0 aliphatic carbocycles. The second kappa shape index (κ2) is 10.8. The van der Waals surface area contributed by atoms with Crippen LogP contribution in [0.1, 0.15) is 32.7 Å².